The summed E-state index contributed by atoms with van der Waals surface area (Å²) in [5.74, 6) is 2.41. The van der Waals surface area contributed by atoms with Crippen LogP contribution in [0.4, 0.5) is 0 Å². The molecule has 1 aliphatic heterocycles. The molecular formula is C9H18N2OS. The molecule has 0 bridgehead atoms. The van der Waals surface area contributed by atoms with Crippen LogP contribution in [0.25, 0.3) is 0 Å². The van der Waals surface area contributed by atoms with Crippen molar-refractivity contribution in [3.8, 4) is 0 Å². The van der Waals surface area contributed by atoms with E-state index >= 15 is 0 Å². The molecule has 1 rings (SSSR count). The first-order valence-electron chi connectivity index (χ1n) is 4.83. The fourth-order valence-corrected chi connectivity index (χ4v) is 2.44. The molecule has 0 saturated carbocycles. The first-order valence-corrected chi connectivity index (χ1v) is 5.99. The number of nitrogens with zero attached hydrogens (tertiary/aromatic N) is 1. The maximum atomic E-state index is 11.6. The van der Waals surface area contributed by atoms with E-state index in [2.05, 4.69) is 12.2 Å². The largest absolute Gasteiger partial charge is 0.337 e. The molecule has 1 atom stereocenters. The molecule has 0 aromatic heterocycles. The van der Waals surface area contributed by atoms with Gasteiger partial charge in [-0.15, -0.1) is 0 Å². The van der Waals surface area contributed by atoms with Crippen LogP contribution in [0.15, 0.2) is 0 Å². The summed E-state index contributed by atoms with van der Waals surface area (Å²) in [7, 11) is 0. The Hall–Kier alpha value is -0.220. The van der Waals surface area contributed by atoms with Gasteiger partial charge in [0.2, 0.25) is 5.91 Å². The van der Waals surface area contributed by atoms with Crippen molar-refractivity contribution in [2.75, 3.05) is 31.1 Å². The molecule has 1 fully saturated rings. The highest BCUT2D eigenvalue weighted by Crippen LogP contribution is 2.15. The molecule has 0 aromatic carbocycles. The molecule has 1 saturated heterocycles. The number of amides is 1. The van der Waals surface area contributed by atoms with Crippen LogP contribution < -0.4 is 5.32 Å². The zero-order valence-electron chi connectivity index (χ0n) is 8.38. The smallest absolute Gasteiger partial charge is 0.236 e. The van der Waals surface area contributed by atoms with Gasteiger partial charge in [-0.2, -0.15) is 11.8 Å². The summed E-state index contributed by atoms with van der Waals surface area (Å²) in [6, 6.07) is 0.407. The quantitative estimate of drug-likeness (QED) is 0.726. The van der Waals surface area contributed by atoms with Crippen LogP contribution in [0.5, 0.6) is 0 Å². The van der Waals surface area contributed by atoms with E-state index in [4.69, 9.17) is 0 Å². The van der Waals surface area contributed by atoms with Crippen molar-refractivity contribution in [3.63, 3.8) is 0 Å². The van der Waals surface area contributed by atoms with Crippen LogP contribution in [0.1, 0.15) is 13.8 Å². The molecule has 0 aromatic rings. The Labute approximate surface area is 84.2 Å². The number of hydrogen-bond acceptors (Lipinski definition) is 3. The monoisotopic (exact) mass is 202 g/mol. The summed E-state index contributed by atoms with van der Waals surface area (Å²) >= 11 is 1.93. The van der Waals surface area contributed by atoms with Crippen LogP contribution in [0, 0.1) is 0 Å². The number of likely N-dealkylation sites (N-methyl/N-ethyl adjacent to an activating group) is 1. The number of thioether (sulfide) groups is 1. The van der Waals surface area contributed by atoms with Gasteiger partial charge in [0, 0.05) is 24.1 Å². The molecule has 4 heteroatoms. The average Bonchev–Trinajstić information content (AvgIpc) is 2.15. The van der Waals surface area contributed by atoms with Gasteiger partial charge in [0.15, 0.2) is 0 Å². The maximum absolute atomic E-state index is 11.6. The number of rotatable bonds is 3. The Morgan fingerprint density at radius 1 is 1.69 bits per heavy atom. The lowest BCUT2D eigenvalue weighted by molar-refractivity contribution is -0.131. The SMILES string of the molecule is CCNCC(=O)N1CCSCC1C. The second-order valence-corrected chi connectivity index (χ2v) is 4.44. The van der Waals surface area contributed by atoms with Crippen molar-refractivity contribution in [3.05, 3.63) is 0 Å². The van der Waals surface area contributed by atoms with Crippen molar-refractivity contribution >= 4 is 17.7 Å². The molecule has 13 heavy (non-hydrogen) atoms. The van der Waals surface area contributed by atoms with Crippen LogP contribution in [-0.2, 0) is 4.79 Å². The first kappa shape index (κ1) is 10.9. The number of carbonyl (C=O) groups is 1. The Bertz CT molecular complexity index is 175. The molecule has 1 aliphatic rings. The standard InChI is InChI=1S/C9H18N2OS/c1-3-10-6-9(12)11-4-5-13-7-8(11)2/h8,10H,3-7H2,1-2H3. The van der Waals surface area contributed by atoms with Gasteiger partial charge < -0.3 is 10.2 Å². The second kappa shape index (κ2) is 5.50. The molecule has 1 heterocycles. The van der Waals surface area contributed by atoms with Crippen molar-refractivity contribution in [1.82, 2.24) is 10.2 Å². The average molecular weight is 202 g/mol. The summed E-state index contributed by atoms with van der Waals surface area (Å²) in [4.78, 5) is 13.6. The topological polar surface area (TPSA) is 32.3 Å². The summed E-state index contributed by atoms with van der Waals surface area (Å²) in [6.45, 7) is 6.41. The second-order valence-electron chi connectivity index (χ2n) is 3.29. The van der Waals surface area contributed by atoms with Gasteiger partial charge in [0.05, 0.1) is 6.54 Å². The fraction of sp³-hybridized carbons (Fsp3) is 0.889. The van der Waals surface area contributed by atoms with Gasteiger partial charge in [-0.3, -0.25) is 4.79 Å². The third-order valence-electron chi connectivity index (χ3n) is 2.21. The molecule has 1 amide bonds. The summed E-state index contributed by atoms with van der Waals surface area (Å²) in [5.41, 5.74) is 0. The molecule has 0 spiro atoms. The molecule has 1 unspecified atom stereocenters. The predicted octanol–water partition coefficient (Wildman–Crippen LogP) is 0.560. The normalized spacial score (nSPS) is 23.2. The van der Waals surface area contributed by atoms with Crippen LogP contribution >= 0.6 is 11.8 Å². The van der Waals surface area contributed by atoms with E-state index in [-0.39, 0.29) is 5.91 Å². The lowest BCUT2D eigenvalue weighted by Crippen LogP contribution is -2.47. The van der Waals surface area contributed by atoms with E-state index < -0.39 is 0 Å². The zero-order chi connectivity index (χ0) is 9.68. The van der Waals surface area contributed by atoms with Gasteiger partial charge in [0.25, 0.3) is 0 Å². The Morgan fingerprint density at radius 2 is 2.46 bits per heavy atom. The minimum Gasteiger partial charge on any atom is -0.337 e. The van der Waals surface area contributed by atoms with E-state index in [1.165, 1.54) is 0 Å². The van der Waals surface area contributed by atoms with Crippen LogP contribution in [0.2, 0.25) is 0 Å². The van der Waals surface area contributed by atoms with Crippen molar-refractivity contribution in [1.29, 1.82) is 0 Å². The van der Waals surface area contributed by atoms with Crippen molar-refractivity contribution < 1.29 is 4.79 Å². The summed E-state index contributed by atoms with van der Waals surface area (Å²) in [6.07, 6.45) is 0. The summed E-state index contributed by atoms with van der Waals surface area (Å²) < 4.78 is 0. The van der Waals surface area contributed by atoms with Gasteiger partial charge in [0.1, 0.15) is 0 Å². The third kappa shape index (κ3) is 3.19. The predicted molar refractivity (Wildman–Crippen MR) is 57.0 cm³/mol. The molecule has 1 N–H and O–H groups in total. The van der Waals surface area contributed by atoms with Gasteiger partial charge in [-0.1, -0.05) is 6.92 Å². The van der Waals surface area contributed by atoms with Crippen molar-refractivity contribution in [2.45, 2.75) is 19.9 Å². The molecular weight excluding hydrogens is 184 g/mol. The van der Waals surface area contributed by atoms with Crippen molar-refractivity contribution in [2.24, 2.45) is 0 Å². The Kier molecular flexibility index (Phi) is 4.59. The molecule has 0 radical (unpaired) electrons. The van der Waals surface area contributed by atoms with E-state index in [1.807, 2.05) is 23.6 Å². The Morgan fingerprint density at radius 3 is 3.08 bits per heavy atom. The van der Waals surface area contributed by atoms with Crippen LogP contribution in [-0.4, -0.2) is 48.0 Å². The van der Waals surface area contributed by atoms with Gasteiger partial charge in [-0.25, -0.2) is 0 Å². The minimum absolute atomic E-state index is 0.245. The molecule has 76 valence electrons. The highest BCUT2D eigenvalue weighted by Gasteiger charge is 2.22. The van der Waals surface area contributed by atoms with E-state index in [9.17, 15) is 4.79 Å². The van der Waals surface area contributed by atoms with Crippen LogP contribution in [0.3, 0.4) is 0 Å². The first-order chi connectivity index (χ1) is 6.25. The highest BCUT2D eigenvalue weighted by molar-refractivity contribution is 7.99. The van der Waals surface area contributed by atoms with Gasteiger partial charge in [-0.05, 0) is 13.5 Å². The number of hydrogen-bond donors (Lipinski definition) is 1. The lowest BCUT2D eigenvalue weighted by Gasteiger charge is -2.33. The van der Waals surface area contributed by atoms with E-state index in [0.717, 1.165) is 24.6 Å². The number of nitrogens with one attached hydrogen (secondary N) is 1. The fourth-order valence-electron chi connectivity index (χ4n) is 1.43. The zero-order valence-corrected chi connectivity index (χ0v) is 9.19. The number of carbonyl (C=O) groups excluding carboxylic acids is 1. The minimum atomic E-state index is 0.245. The molecule has 3 nitrogen and oxygen atoms in total. The highest BCUT2D eigenvalue weighted by atomic mass is 32.2. The molecule has 0 aliphatic carbocycles. The lowest BCUT2D eigenvalue weighted by atomic mass is 10.3. The Balaban J connectivity index is 2.35. The van der Waals surface area contributed by atoms with E-state index in [1.54, 1.807) is 0 Å². The van der Waals surface area contributed by atoms with E-state index in [0.29, 0.717) is 12.6 Å². The summed E-state index contributed by atoms with van der Waals surface area (Å²) in [5, 5.41) is 3.07. The van der Waals surface area contributed by atoms with Gasteiger partial charge >= 0.3 is 0 Å². The third-order valence-corrected chi connectivity index (χ3v) is 3.40. The maximum Gasteiger partial charge on any atom is 0.236 e.